The number of aromatic nitrogens is 6. The Balaban J connectivity index is 1.99. The van der Waals surface area contributed by atoms with E-state index >= 15 is 0 Å². The summed E-state index contributed by atoms with van der Waals surface area (Å²) in [5, 5.41) is 16.9. The number of aryl methyl sites for hydroxylation is 1. The standard InChI is InChI=1S/C17H23N7O/c1-11(2)21-17-19-9-14(10-20-17)16-18-5-6-23(16)15-12(3)22-24(7-8-25)13(15)4/h5-6,9-11,25H,7-8H2,1-4H3,(H,19,20,21). The number of aliphatic hydroxyl groups excluding tert-OH is 1. The van der Waals surface area contributed by atoms with Gasteiger partial charge in [-0.25, -0.2) is 15.0 Å². The molecule has 0 amide bonds. The van der Waals surface area contributed by atoms with Gasteiger partial charge in [0.1, 0.15) is 5.82 Å². The molecule has 0 atom stereocenters. The molecule has 0 unspecified atom stereocenters. The predicted molar refractivity (Wildman–Crippen MR) is 95.7 cm³/mol. The zero-order valence-electron chi connectivity index (χ0n) is 14.9. The maximum absolute atomic E-state index is 9.19. The first-order valence-corrected chi connectivity index (χ1v) is 8.28. The lowest BCUT2D eigenvalue weighted by atomic mass is 10.2. The van der Waals surface area contributed by atoms with Crippen LogP contribution in [-0.2, 0) is 6.54 Å². The molecule has 3 aromatic heterocycles. The minimum absolute atomic E-state index is 0.0519. The van der Waals surface area contributed by atoms with Crippen molar-refractivity contribution in [2.45, 2.75) is 40.3 Å². The highest BCUT2D eigenvalue weighted by molar-refractivity contribution is 5.59. The Bertz CT molecular complexity index is 849. The molecule has 0 aliphatic carbocycles. The maximum Gasteiger partial charge on any atom is 0.222 e. The zero-order valence-corrected chi connectivity index (χ0v) is 14.9. The smallest absolute Gasteiger partial charge is 0.222 e. The van der Waals surface area contributed by atoms with E-state index in [4.69, 9.17) is 0 Å². The van der Waals surface area contributed by atoms with Crippen LogP contribution in [0.5, 0.6) is 0 Å². The minimum atomic E-state index is 0.0519. The third-order valence-corrected chi connectivity index (χ3v) is 3.86. The topological polar surface area (TPSA) is 93.7 Å². The normalized spacial score (nSPS) is 11.3. The number of aliphatic hydroxyl groups is 1. The largest absolute Gasteiger partial charge is 0.394 e. The molecule has 3 aromatic rings. The highest BCUT2D eigenvalue weighted by Gasteiger charge is 2.17. The van der Waals surface area contributed by atoms with E-state index < -0.39 is 0 Å². The summed E-state index contributed by atoms with van der Waals surface area (Å²) in [6, 6.07) is 0.274. The van der Waals surface area contributed by atoms with Crippen LogP contribution in [0.15, 0.2) is 24.8 Å². The van der Waals surface area contributed by atoms with Crippen molar-refractivity contribution in [3.05, 3.63) is 36.2 Å². The quantitative estimate of drug-likeness (QED) is 0.712. The number of hydrogen-bond acceptors (Lipinski definition) is 6. The molecule has 0 saturated carbocycles. The molecule has 0 bridgehead atoms. The second kappa shape index (κ2) is 7.02. The fourth-order valence-corrected chi connectivity index (χ4v) is 2.82. The van der Waals surface area contributed by atoms with E-state index in [2.05, 4.69) is 25.4 Å². The molecular weight excluding hydrogens is 318 g/mol. The number of rotatable bonds is 6. The van der Waals surface area contributed by atoms with Crippen LogP contribution in [0.4, 0.5) is 5.95 Å². The summed E-state index contributed by atoms with van der Waals surface area (Å²) in [4.78, 5) is 13.2. The van der Waals surface area contributed by atoms with Gasteiger partial charge in [0.15, 0.2) is 0 Å². The Morgan fingerprint density at radius 2 is 1.88 bits per heavy atom. The van der Waals surface area contributed by atoms with Crippen molar-refractivity contribution in [3.63, 3.8) is 0 Å². The molecule has 8 nitrogen and oxygen atoms in total. The van der Waals surface area contributed by atoms with Crippen molar-refractivity contribution in [1.29, 1.82) is 0 Å². The van der Waals surface area contributed by atoms with E-state index in [0.717, 1.165) is 28.5 Å². The second-order valence-electron chi connectivity index (χ2n) is 6.18. The van der Waals surface area contributed by atoms with Gasteiger partial charge >= 0.3 is 0 Å². The van der Waals surface area contributed by atoms with E-state index in [1.807, 2.05) is 38.5 Å². The summed E-state index contributed by atoms with van der Waals surface area (Å²) in [5.74, 6) is 1.35. The van der Waals surface area contributed by atoms with Gasteiger partial charge in [0.2, 0.25) is 5.95 Å². The van der Waals surface area contributed by atoms with Crippen LogP contribution in [0.3, 0.4) is 0 Å². The highest BCUT2D eigenvalue weighted by Crippen LogP contribution is 2.25. The first-order valence-electron chi connectivity index (χ1n) is 8.28. The van der Waals surface area contributed by atoms with Gasteiger partial charge in [-0.05, 0) is 27.7 Å². The van der Waals surface area contributed by atoms with E-state index in [9.17, 15) is 5.11 Å². The van der Waals surface area contributed by atoms with Crippen molar-refractivity contribution < 1.29 is 5.11 Å². The molecule has 0 aliphatic rings. The Hall–Kier alpha value is -2.74. The first-order chi connectivity index (χ1) is 12.0. The summed E-state index contributed by atoms with van der Waals surface area (Å²) >= 11 is 0. The molecule has 0 aliphatic heterocycles. The molecular formula is C17H23N7O. The van der Waals surface area contributed by atoms with Crippen molar-refractivity contribution in [2.75, 3.05) is 11.9 Å². The lowest BCUT2D eigenvalue weighted by Gasteiger charge is -2.10. The second-order valence-corrected chi connectivity index (χ2v) is 6.18. The molecule has 25 heavy (non-hydrogen) atoms. The average Bonchev–Trinajstić information content (AvgIpc) is 3.13. The molecule has 0 aromatic carbocycles. The van der Waals surface area contributed by atoms with Gasteiger partial charge in [0, 0.05) is 30.8 Å². The number of hydrogen-bond donors (Lipinski definition) is 2. The molecule has 2 N–H and O–H groups in total. The van der Waals surface area contributed by atoms with E-state index in [-0.39, 0.29) is 12.6 Å². The van der Waals surface area contributed by atoms with Gasteiger partial charge in [0.05, 0.1) is 35.8 Å². The van der Waals surface area contributed by atoms with E-state index in [0.29, 0.717) is 12.5 Å². The fourth-order valence-electron chi connectivity index (χ4n) is 2.82. The molecule has 132 valence electrons. The van der Waals surface area contributed by atoms with Crippen LogP contribution in [0.25, 0.3) is 17.1 Å². The van der Waals surface area contributed by atoms with Crippen LogP contribution in [0.1, 0.15) is 25.2 Å². The lowest BCUT2D eigenvalue weighted by Crippen LogP contribution is -2.12. The number of anilines is 1. The van der Waals surface area contributed by atoms with Crippen molar-refractivity contribution >= 4 is 5.95 Å². The van der Waals surface area contributed by atoms with Gasteiger partial charge in [-0.1, -0.05) is 0 Å². The summed E-state index contributed by atoms with van der Waals surface area (Å²) in [7, 11) is 0. The first kappa shape index (κ1) is 17.1. The van der Waals surface area contributed by atoms with Crippen LogP contribution in [-0.4, -0.2) is 47.1 Å². The molecule has 0 radical (unpaired) electrons. The molecule has 0 spiro atoms. The summed E-state index contributed by atoms with van der Waals surface area (Å²) in [5.41, 5.74) is 3.65. The number of nitrogens with zero attached hydrogens (tertiary/aromatic N) is 6. The lowest BCUT2D eigenvalue weighted by molar-refractivity contribution is 0.268. The van der Waals surface area contributed by atoms with E-state index in [1.54, 1.807) is 23.3 Å². The number of imidazole rings is 1. The van der Waals surface area contributed by atoms with Gasteiger partial charge in [-0.2, -0.15) is 5.10 Å². The molecule has 3 rings (SSSR count). The Morgan fingerprint density at radius 1 is 1.16 bits per heavy atom. The summed E-state index contributed by atoms with van der Waals surface area (Å²) in [6.07, 6.45) is 7.17. The number of nitrogens with one attached hydrogen (secondary N) is 1. The third-order valence-electron chi connectivity index (χ3n) is 3.86. The van der Waals surface area contributed by atoms with Crippen molar-refractivity contribution in [1.82, 2.24) is 29.3 Å². The summed E-state index contributed by atoms with van der Waals surface area (Å²) in [6.45, 7) is 8.54. The van der Waals surface area contributed by atoms with Gasteiger partial charge in [-0.15, -0.1) is 0 Å². The SMILES string of the molecule is Cc1nn(CCO)c(C)c1-n1ccnc1-c1cnc(NC(C)C)nc1. The summed E-state index contributed by atoms with van der Waals surface area (Å²) < 4.78 is 3.79. The van der Waals surface area contributed by atoms with Crippen LogP contribution in [0.2, 0.25) is 0 Å². The maximum atomic E-state index is 9.19. The van der Waals surface area contributed by atoms with Crippen LogP contribution >= 0.6 is 0 Å². The van der Waals surface area contributed by atoms with Crippen LogP contribution in [0, 0.1) is 13.8 Å². The Kier molecular flexibility index (Phi) is 4.80. The van der Waals surface area contributed by atoms with Gasteiger partial charge in [-0.3, -0.25) is 9.25 Å². The minimum Gasteiger partial charge on any atom is -0.394 e. The van der Waals surface area contributed by atoms with Crippen molar-refractivity contribution in [3.8, 4) is 17.1 Å². The highest BCUT2D eigenvalue weighted by atomic mass is 16.3. The predicted octanol–water partition coefficient (Wildman–Crippen LogP) is 1.96. The molecule has 8 heteroatoms. The van der Waals surface area contributed by atoms with Crippen LogP contribution < -0.4 is 5.32 Å². The zero-order chi connectivity index (χ0) is 18.0. The third kappa shape index (κ3) is 3.39. The molecule has 0 fully saturated rings. The average molecular weight is 341 g/mol. The monoisotopic (exact) mass is 341 g/mol. The van der Waals surface area contributed by atoms with Gasteiger partial charge in [0.25, 0.3) is 0 Å². The Labute approximate surface area is 146 Å². The van der Waals surface area contributed by atoms with E-state index in [1.165, 1.54) is 0 Å². The molecule has 3 heterocycles. The Morgan fingerprint density at radius 3 is 2.52 bits per heavy atom. The van der Waals surface area contributed by atoms with Crippen molar-refractivity contribution in [2.24, 2.45) is 0 Å². The molecule has 0 saturated heterocycles. The van der Waals surface area contributed by atoms with Gasteiger partial charge < -0.3 is 10.4 Å². The fraction of sp³-hybridized carbons (Fsp3) is 0.412.